The quantitative estimate of drug-likeness (QED) is 0.473. The van der Waals surface area contributed by atoms with E-state index in [-0.39, 0.29) is 41.8 Å². The van der Waals surface area contributed by atoms with Gasteiger partial charge >= 0.3 is 12.2 Å². The summed E-state index contributed by atoms with van der Waals surface area (Å²) in [5, 5.41) is 2.78. The fourth-order valence-corrected chi connectivity index (χ4v) is 5.23. The number of benzene rings is 1. The maximum absolute atomic E-state index is 13.7. The first-order chi connectivity index (χ1) is 19.6. The maximum Gasteiger partial charge on any atom is 0.416 e. The number of anilines is 3. The molecule has 0 aliphatic carbocycles. The molecule has 3 aliphatic heterocycles. The van der Waals surface area contributed by atoms with Gasteiger partial charge in [-0.15, -0.1) is 0 Å². The maximum atomic E-state index is 13.7. The van der Waals surface area contributed by atoms with Gasteiger partial charge in [-0.25, -0.2) is 14.8 Å². The topological polar surface area (TPSA) is 115 Å². The molecule has 0 radical (unpaired) electrons. The molecule has 2 saturated heterocycles. The van der Waals surface area contributed by atoms with Gasteiger partial charge in [0.25, 0.3) is 0 Å². The Kier molecular flexibility index (Phi) is 6.90. The van der Waals surface area contributed by atoms with Crippen LogP contribution in [0.3, 0.4) is 0 Å². The molecule has 11 nitrogen and oxygen atoms in total. The van der Waals surface area contributed by atoms with Crippen molar-refractivity contribution in [1.82, 2.24) is 19.9 Å². The largest absolute Gasteiger partial charge is 0.474 e. The summed E-state index contributed by atoms with van der Waals surface area (Å²) < 4.78 is 57.0. The van der Waals surface area contributed by atoms with Gasteiger partial charge in [0, 0.05) is 18.7 Å². The molecule has 1 aromatic carbocycles. The summed E-state index contributed by atoms with van der Waals surface area (Å²) >= 11 is 0. The first kappa shape index (κ1) is 27.1. The normalized spacial score (nSPS) is 21.4. The third-order valence-corrected chi connectivity index (χ3v) is 7.08. The molecule has 5 heterocycles. The lowest BCUT2D eigenvalue weighted by atomic mass is 10.0. The summed E-state index contributed by atoms with van der Waals surface area (Å²) in [5.74, 6) is 0.100. The van der Waals surface area contributed by atoms with Crippen LogP contribution in [0.2, 0.25) is 0 Å². The van der Waals surface area contributed by atoms with E-state index in [0.29, 0.717) is 24.7 Å². The van der Waals surface area contributed by atoms with E-state index < -0.39 is 23.6 Å². The second-order valence-corrected chi connectivity index (χ2v) is 10.5. The average Bonchev–Trinajstić information content (AvgIpc) is 3.30. The lowest BCUT2D eigenvalue weighted by Crippen LogP contribution is -2.56. The van der Waals surface area contributed by atoms with Gasteiger partial charge in [-0.1, -0.05) is 12.1 Å². The number of carbonyl (C=O) groups is 1. The predicted octanol–water partition coefficient (Wildman–Crippen LogP) is 4.50. The van der Waals surface area contributed by atoms with Gasteiger partial charge in [0.05, 0.1) is 42.5 Å². The van der Waals surface area contributed by atoms with Crippen LogP contribution < -0.4 is 19.9 Å². The molecule has 216 valence electrons. The number of amides is 2. The number of piperidine rings is 1. The van der Waals surface area contributed by atoms with E-state index in [1.165, 1.54) is 29.4 Å². The Morgan fingerprint density at radius 3 is 2.85 bits per heavy atom. The highest BCUT2D eigenvalue weighted by atomic mass is 19.4. The summed E-state index contributed by atoms with van der Waals surface area (Å²) in [6, 6.07) is 4.12. The molecule has 6 rings (SSSR count). The van der Waals surface area contributed by atoms with Crippen molar-refractivity contribution >= 4 is 23.4 Å². The SMILES string of the molecule is CC1(C)OCC(COc2cncc(NC(=O)N3c4nc(-c5cccc(C(F)(F)F)c5)ncc4N4CCC[C@H]3C4)n2)O1. The first-order valence-electron chi connectivity index (χ1n) is 13.2. The van der Waals surface area contributed by atoms with Gasteiger partial charge in [-0.2, -0.15) is 18.2 Å². The standard InChI is InChI=1S/C27H28F3N7O4/c1-26(2)40-15-19(41-26)14-39-22-12-31-11-21(33-22)34-25(38)37-18-7-4-8-36(13-18)20-10-32-23(35-24(20)37)16-5-3-6-17(9-16)27(28,29)30/h3,5-6,9-12,18-19H,4,7-8,13-15H2,1-2H3,(H,33,34,38)/t18-,19?/m0/s1. The third kappa shape index (κ3) is 5.75. The number of nitrogens with zero attached hydrogens (tertiary/aromatic N) is 6. The van der Waals surface area contributed by atoms with E-state index in [0.717, 1.165) is 31.5 Å². The van der Waals surface area contributed by atoms with Gasteiger partial charge in [0.15, 0.2) is 23.2 Å². The van der Waals surface area contributed by atoms with E-state index in [2.05, 4.69) is 30.2 Å². The number of fused-ring (bicyclic) bond motifs is 4. The number of ether oxygens (including phenoxy) is 3. The second kappa shape index (κ2) is 10.4. The van der Waals surface area contributed by atoms with Crippen LogP contribution in [-0.4, -0.2) is 70.2 Å². The van der Waals surface area contributed by atoms with E-state index in [9.17, 15) is 18.0 Å². The highest BCUT2D eigenvalue weighted by molar-refractivity contribution is 6.04. The summed E-state index contributed by atoms with van der Waals surface area (Å²) in [6.45, 7) is 5.57. The predicted molar refractivity (Wildman–Crippen MR) is 142 cm³/mol. The van der Waals surface area contributed by atoms with Crippen molar-refractivity contribution in [3.63, 3.8) is 0 Å². The Bertz CT molecular complexity index is 1450. The summed E-state index contributed by atoms with van der Waals surface area (Å²) in [7, 11) is 0. The number of urea groups is 1. The van der Waals surface area contributed by atoms with Crippen molar-refractivity contribution in [2.24, 2.45) is 0 Å². The highest BCUT2D eigenvalue weighted by Gasteiger charge is 2.39. The molecule has 41 heavy (non-hydrogen) atoms. The first-order valence-corrected chi connectivity index (χ1v) is 13.2. The zero-order valence-electron chi connectivity index (χ0n) is 22.4. The molecule has 0 saturated carbocycles. The minimum atomic E-state index is -4.51. The summed E-state index contributed by atoms with van der Waals surface area (Å²) in [4.78, 5) is 34.7. The number of nitrogens with one attached hydrogen (secondary N) is 1. The van der Waals surface area contributed by atoms with Crippen molar-refractivity contribution in [2.45, 2.75) is 50.8 Å². The Morgan fingerprint density at radius 1 is 1.22 bits per heavy atom. The van der Waals surface area contributed by atoms with Crippen LogP contribution in [0, 0.1) is 0 Å². The van der Waals surface area contributed by atoms with Gasteiger partial charge < -0.3 is 19.1 Å². The fourth-order valence-electron chi connectivity index (χ4n) is 5.23. The van der Waals surface area contributed by atoms with Crippen LogP contribution in [0.5, 0.6) is 5.88 Å². The number of hydrogen-bond donors (Lipinski definition) is 1. The molecule has 2 atom stereocenters. The van der Waals surface area contributed by atoms with Gasteiger partial charge in [0.2, 0.25) is 5.88 Å². The molecule has 14 heteroatoms. The van der Waals surface area contributed by atoms with Crippen molar-refractivity contribution in [3.8, 4) is 17.3 Å². The number of carbonyl (C=O) groups excluding carboxylic acids is 1. The minimum Gasteiger partial charge on any atom is -0.474 e. The number of halogens is 3. The molecule has 1 unspecified atom stereocenters. The van der Waals surface area contributed by atoms with Crippen molar-refractivity contribution in [3.05, 3.63) is 48.4 Å². The Hall–Kier alpha value is -4.04. The van der Waals surface area contributed by atoms with Crippen LogP contribution in [0.25, 0.3) is 11.4 Å². The number of aromatic nitrogens is 4. The monoisotopic (exact) mass is 571 g/mol. The van der Waals surface area contributed by atoms with E-state index in [1.807, 2.05) is 13.8 Å². The number of alkyl halides is 3. The number of rotatable bonds is 5. The van der Waals surface area contributed by atoms with E-state index >= 15 is 0 Å². The summed E-state index contributed by atoms with van der Waals surface area (Å²) in [6.07, 6.45) is 1.21. The molecule has 2 fully saturated rings. The van der Waals surface area contributed by atoms with Crippen LogP contribution in [-0.2, 0) is 15.7 Å². The van der Waals surface area contributed by atoms with Crippen LogP contribution >= 0.6 is 0 Å². The molecular weight excluding hydrogens is 543 g/mol. The zero-order chi connectivity index (χ0) is 28.8. The highest BCUT2D eigenvalue weighted by Crippen LogP contribution is 2.39. The molecular formula is C27H28F3N7O4. The Balaban J connectivity index is 1.24. The zero-order valence-corrected chi connectivity index (χ0v) is 22.4. The fraction of sp³-hybridized carbons (Fsp3) is 0.444. The van der Waals surface area contributed by atoms with Gasteiger partial charge in [-0.05, 0) is 38.8 Å². The molecule has 1 N–H and O–H groups in total. The van der Waals surface area contributed by atoms with Crippen LogP contribution in [0.4, 0.5) is 35.3 Å². The summed E-state index contributed by atoms with van der Waals surface area (Å²) in [5.41, 5.74) is 0.0316. The van der Waals surface area contributed by atoms with Crippen LogP contribution in [0.1, 0.15) is 32.3 Å². The van der Waals surface area contributed by atoms with Gasteiger partial charge in [-0.3, -0.25) is 15.2 Å². The third-order valence-electron chi connectivity index (χ3n) is 7.08. The molecule has 0 spiro atoms. The minimum absolute atomic E-state index is 0.0882. The lowest BCUT2D eigenvalue weighted by Gasteiger charge is -2.45. The molecule has 2 amide bonds. The van der Waals surface area contributed by atoms with E-state index in [1.54, 1.807) is 6.20 Å². The van der Waals surface area contributed by atoms with Crippen molar-refractivity contribution < 1.29 is 32.2 Å². The van der Waals surface area contributed by atoms with Gasteiger partial charge in [0.1, 0.15) is 12.7 Å². The Labute approximate surface area is 233 Å². The van der Waals surface area contributed by atoms with Crippen LogP contribution in [0.15, 0.2) is 42.9 Å². The molecule has 2 aromatic heterocycles. The lowest BCUT2D eigenvalue weighted by molar-refractivity contribution is -0.141. The average molecular weight is 572 g/mol. The van der Waals surface area contributed by atoms with Crippen molar-refractivity contribution in [1.29, 1.82) is 0 Å². The second-order valence-electron chi connectivity index (χ2n) is 10.5. The Morgan fingerprint density at radius 2 is 2.07 bits per heavy atom. The molecule has 2 bridgehead atoms. The van der Waals surface area contributed by atoms with E-state index in [4.69, 9.17) is 14.2 Å². The van der Waals surface area contributed by atoms with Crippen molar-refractivity contribution in [2.75, 3.05) is 41.4 Å². The molecule has 3 aromatic rings. The molecule has 3 aliphatic rings. The number of hydrogen-bond acceptors (Lipinski definition) is 9. The smallest absolute Gasteiger partial charge is 0.416 e.